The number of hydrogen-bond acceptors (Lipinski definition) is 1. The molecule has 1 saturated carbocycles. The molecule has 1 aliphatic rings. The maximum Gasteiger partial charge on any atom is 0.0283 e. The minimum absolute atomic E-state index is 0.897. The third-order valence-corrected chi connectivity index (χ3v) is 3.50. The molecule has 90 valence electrons. The minimum atomic E-state index is 0.897. The van der Waals surface area contributed by atoms with E-state index in [1.54, 1.807) is 0 Å². The molecule has 1 fully saturated rings. The van der Waals surface area contributed by atoms with Gasteiger partial charge in [-0.15, -0.1) is 0 Å². The summed E-state index contributed by atoms with van der Waals surface area (Å²) in [5.41, 5.74) is 3.86. The van der Waals surface area contributed by atoms with Gasteiger partial charge in [-0.3, -0.25) is 4.99 Å². The van der Waals surface area contributed by atoms with E-state index in [1.807, 2.05) is 13.3 Å². The summed E-state index contributed by atoms with van der Waals surface area (Å²) in [6.07, 6.45) is 10.3. The van der Waals surface area contributed by atoms with Crippen molar-refractivity contribution >= 4 is 6.21 Å². The molecule has 1 nitrogen and oxygen atoms in total. The zero-order valence-corrected chi connectivity index (χ0v) is 11.1. The first-order chi connectivity index (χ1) is 7.65. The van der Waals surface area contributed by atoms with Crippen LogP contribution in [0, 0.1) is 5.92 Å². The van der Waals surface area contributed by atoms with E-state index < -0.39 is 0 Å². The first kappa shape index (κ1) is 13.2. The van der Waals surface area contributed by atoms with Crippen LogP contribution in [0.1, 0.15) is 52.4 Å². The van der Waals surface area contributed by atoms with Gasteiger partial charge in [-0.2, -0.15) is 0 Å². The van der Waals surface area contributed by atoms with E-state index in [4.69, 9.17) is 0 Å². The van der Waals surface area contributed by atoms with Gasteiger partial charge in [0.2, 0.25) is 0 Å². The van der Waals surface area contributed by atoms with Crippen LogP contribution in [0.25, 0.3) is 0 Å². The number of rotatable bonds is 4. The zero-order valence-electron chi connectivity index (χ0n) is 11.1. The Balaban J connectivity index is 2.67. The second-order valence-electron chi connectivity index (χ2n) is 5.07. The zero-order chi connectivity index (χ0) is 12.0. The number of aliphatic imine (C=N–C) groups is 1. The third-order valence-electron chi connectivity index (χ3n) is 3.50. The van der Waals surface area contributed by atoms with Crippen molar-refractivity contribution in [2.24, 2.45) is 10.9 Å². The number of nitrogens with zero attached hydrogens (tertiary/aromatic N) is 1. The maximum absolute atomic E-state index is 4.13. The fraction of sp³-hybridized carbons (Fsp3) is 0.667. The average molecular weight is 219 g/mol. The van der Waals surface area contributed by atoms with Crippen molar-refractivity contribution in [1.82, 2.24) is 0 Å². The lowest BCUT2D eigenvalue weighted by molar-refractivity contribution is 0.356. The standard InChI is InChI=1S/C15H25N/c1-12(2)15(11-16-4)13(3)10-14-8-6-5-7-9-14/h11,14H,1,5-10H2,2-4H3/b15-13+,16-11-. The Morgan fingerprint density at radius 1 is 1.25 bits per heavy atom. The highest BCUT2D eigenvalue weighted by Crippen LogP contribution is 2.30. The van der Waals surface area contributed by atoms with E-state index in [9.17, 15) is 0 Å². The van der Waals surface area contributed by atoms with Crippen molar-refractivity contribution in [2.45, 2.75) is 52.4 Å². The lowest BCUT2D eigenvalue weighted by Crippen LogP contribution is -2.07. The second-order valence-corrected chi connectivity index (χ2v) is 5.07. The van der Waals surface area contributed by atoms with Gasteiger partial charge in [0.25, 0.3) is 0 Å². The van der Waals surface area contributed by atoms with E-state index in [0.29, 0.717) is 0 Å². The van der Waals surface area contributed by atoms with Crippen LogP contribution in [0.2, 0.25) is 0 Å². The highest BCUT2D eigenvalue weighted by Gasteiger charge is 2.14. The molecule has 0 heterocycles. The van der Waals surface area contributed by atoms with Crippen LogP contribution in [-0.4, -0.2) is 13.3 Å². The Hall–Kier alpha value is -0.850. The summed E-state index contributed by atoms with van der Waals surface area (Å²) in [5, 5.41) is 0. The lowest BCUT2D eigenvalue weighted by Gasteiger charge is -2.22. The van der Waals surface area contributed by atoms with Crippen molar-refractivity contribution in [3.8, 4) is 0 Å². The highest BCUT2D eigenvalue weighted by molar-refractivity contribution is 5.85. The van der Waals surface area contributed by atoms with Crippen LogP contribution in [0.4, 0.5) is 0 Å². The molecular formula is C15H25N. The monoisotopic (exact) mass is 219 g/mol. The molecule has 0 N–H and O–H groups in total. The molecule has 0 amide bonds. The van der Waals surface area contributed by atoms with Crippen molar-refractivity contribution < 1.29 is 0 Å². The molecule has 16 heavy (non-hydrogen) atoms. The summed E-state index contributed by atoms with van der Waals surface area (Å²) in [7, 11) is 1.83. The van der Waals surface area contributed by atoms with Gasteiger partial charge < -0.3 is 0 Å². The van der Waals surface area contributed by atoms with Gasteiger partial charge in [0.1, 0.15) is 0 Å². The molecule has 1 heteroatoms. The molecule has 0 aliphatic heterocycles. The van der Waals surface area contributed by atoms with E-state index in [1.165, 1.54) is 49.7 Å². The molecule has 1 rings (SSSR count). The Morgan fingerprint density at radius 2 is 1.88 bits per heavy atom. The summed E-state index contributed by atoms with van der Waals surface area (Å²) < 4.78 is 0. The summed E-state index contributed by atoms with van der Waals surface area (Å²) in [6, 6.07) is 0. The molecule has 0 atom stereocenters. The van der Waals surface area contributed by atoms with Crippen LogP contribution in [-0.2, 0) is 0 Å². The number of hydrogen-bond donors (Lipinski definition) is 0. The van der Waals surface area contributed by atoms with Gasteiger partial charge in [0.05, 0.1) is 0 Å². The smallest absolute Gasteiger partial charge is 0.0283 e. The summed E-state index contributed by atoms with van der Waals surface area (Å²) >= 11 is 0. The van der Waals surface area contributed by atoms with Gasteiger partial charge in [-0.05, 0) is 37.3 Å². The third kappa shape index (κ3) is 3.96. The minimum Gasteiger partial charge on any atom is -0.296 e. The quantitative estimate of drug-likeness (QED) is 0.486. The van der Waals surface area contributed by atoms with E-state index >= 15 is 0 Å². The predicted molar refractivity (Wildman–Crippen MR) is 73.1 cm³/mol. The molecule has 0 unspecified atom stereocenters. The molecular weight excluding hydrogens is 194 g/mol. The van der Waals surface area contributed by atoms with Gasteiger partial charge >= 0.3 is 0 Å². The Labute approximate surface area is 100 Å². The molecule has 0 aromatic rings. The van der Waals surface area contributed by atoms with Crippen LogP contribution in [0.15, 0.2) is 28.3 Å². The molecule has 0 bridgehead atoms. The first-order valence-electron chi connectivity index (χ1n) is 6.43. The molecule has 0 aromatic carbocycles. The Bertz CT molecular complexity index is 291. The average Bonchev–Trinajstić information content (AvgIpc) is 2.26. The van der Waals surface area contributed by atoms with Crippen molar-refractivity contribution in [2.75, 3.05) is 7.05 Å². The maximum atomic E-state index is 4.13. The van der Waals surface area contributed by atoms with Crippen molar-refractivity contribution in [3.05, 3.63) is 23.3 Å². The van der Waals surface area contributed by atoms with Gasteiger partial charge in [-0.1, -0.05) is 44.3 Å². The molecule has 0 radical (unpaired) electrons. The molecule has 0 spiro atoms. The first-order valence-corrected chi connectivity index (χ1v) is 6.43. The normalized spacial score (nSPS) is 19.9. The fourth-order valence-electron chi connectivity index (χ4n) is 2.65. The summed E-state index contributed by atoms with van der Waals surface area (Å²) in [6.45, 7) is 8.35. The summed E-state index contributed by atoms with van der Waals surface area (Å²) in [4.78, 5) is 4.13. The van der Waals surface area contributed by atoms with Gasteiger partial charge in [0, 0.05) is 13.3 Å². The van der Waals surface area contributed by atoms with Crippen molar-refractivity contribution in [1.29, 1.82) is 0 Å². The number of allylic oxidation sites excluding steroid dienone is 3. The van der Waals surface area contributed by atoms with Gasteiger partial charge in [-0.25, -0.2) is 0 Å². The van der Waals surface area contributed by atoms with Crippen molar-refractivity contribution in [3.63, 3.8) is 0 Å². The van der Waals surface area contributed by atoms with E-state index in [0.717, 1.165) is 11.5 Å². The lowest BCUT2D eigenvalue weighted by atomic mass is 9.83. The topological polar surface area (TPSA) is 12.4 Å². The second kappa shape index (κ2) is 6.67. The van der Waals surface area contributed by atoms with Crippen LogP contribution in [0.3, 0.4) is 0 Å². The Kier molecular flexibility index (Phi) is 5.51. The van der Waals surface area contributed by atoms with Crippen LogP contribution >= 0.6 is 0 Å². The molecule has 0 saturated heterocycles. The largest absolute Gasteiger partial charge is 0.296 e. The highest BCUT2D eigenvalue weighted by atomic mass is 14.6. The Morgan fingerprint density at radius 3 is 2.38 bits per heavy atom. The van der Waals surface area contributed by atoms with Crippen LogP contribution in [0.5, 0.6) is 0 Å². The van der Waals surface area contributed by atoms with Gasteiger partial charge in [0.15, 0.2) is 0 Å². The summed E-state index contributed by atoms with van der Waals surface area (Å²) in [5.74, 6) is 0.897. The fourth-order valence-corrected chi connectivity index (χ4v) is 2.65. The van der Waals surface area contributed by atoms with Crippen LogP contribution < -0.4 is 0 Å². The molecule has 0 aromatic heterocycles. The predicted octanol–water partition coefficient (Wildman–Crippen LogP) is 4.55. The van der Waals surface area contributed by atoms with E-state index in [-0.39, 0.29) is 0 Å². The SMILES string of the molecule is C=C(C)C(/C=N\C)=C(\C)CC1CCCCC1. The molecule has 1 aliphatic carbocycles. The van der Waals surface area contributed by atoms with E-state index in [2.05, 4.69) is 25.4 Å².